The molecule has 0 spiro atoms. The van der Waals surface area contributed by atoms with Gasteiger partial charge in [-0.05, 0) is 29.7 Å². The summed E-state index contributed by atoms with van der Waals surface area (Å²) in [7, 11) is -2.45. The third-order valence-corrected chi connectivity index (χ3v) is 4.59. The molecular weight excluding hydrogens is 306 g/mol. The molecule has 0 fully saturated rings. The molecule has 2 aromatic rings. The van der Waals surface area contributed by atoms with E-state index in [1.54, 1.807) is 30.3 Å². The number of carbonyl (C=O) groups excluding carboxylic acids is 2. The van der Waals surface area contributed by atoms with Crippen molar-refractivity contribution in [2.45, 2.75) is 17.4 Å². The standard InChI is InChI=1S/C15H13NO5S/c1-21-13-5-6-14-11(9-13)3-2-4-15(14)22(19,20)16-12(10-18)7-8-17/h2-6,9,12,16H,7H2,1H3/t12-/m0/s1. The van der Waals surface area contributed by atoms with Crippen molar-refractivity contribution in [1.82, 2.24) is 4.72 Å². The Balaban J connectivity index is 2.49. The van der Waals surface area contributed by atoms with Crippen LogP contribution in [0.15, 0.2) is 41.3 Å². The lowest BCUT2D eigenvalue weighted by molar-refractivity contribution is 0.415. The summed E-state index contributed by atoms with van der Waals surface area (Å²) in [5, 5.41) is 1.16. The molecule has 0 saturated carbocycles. The van der Waals surface area contributed by atoms with Gasteiger partial charge in [-0.25, -0.2) is 8.42 Å². The van der Waals surface area contributed by atoms with Gasteiger partial charge < -0.3 is 4.74 Å². The second-order valence-electron chi connectivity index (χ2n) is 4.48. The molecule has 1 atom stereocenters. The molecule has 7 heteroatoms. The number of hydrogen-bond acceptors (Lipinski definition) is 5. The van der Waals surface area contributed by atoms with E-state index in [4.69, 9.17) is 4.74 Å². The SMILES string of the molecule is COc1ccc2c(S(=O)(=O)N[C@H]([C]=O)C[C]=O)cccc2c1. The van der Waals surface area contributed by atoms with Crippen molar-refractivity contribution in [3.63, 3.8) is 0 Å². The van der Waals surface area contributed by atoms with Gasteiger partial charge in [0.05, 0.1) is 18.0 Å². The quantitative estimate of drug-likeness (QED) is 0.825. The summed E-state index contributed by atoms with van der Waals surface area (Å²) in [6.07, 6.45) is 2.57. The van der Waals surface area contributed by atoms with Crippen LogP contribution in [0.25, 0.3) is 10.8 Å². The first-order valence-electron chi connectivity index (χ1n) is 6.33. The Morgan fingerprint density at radius 1 is 1.23 bits per heavy atom. The zero-order chi connectivity index (χ0) is 16.2. The highest BCUT2D eigenvalue weighted by Crippen LogP contribution is 2.26. The summed E-state index contributed by atoms with van der Waals surface area (Å²) < 4.78 is 32.0. The highest BCUT2D eigenvalue weighted by molar-refractivity contribution is 7.89. The maximum atomic E-state index is 12.4. The van der Waals surface area contributed by atoms with E-state index in [0.717, 1.165) is 0 Å². The van der Waals surface area contributed by atoms with Gasteiger partial charge in [0.1, 0.15) is 5.75 Å². The first-order valence-corrected chi connectivity index (χ1v) is 7.82. The number of methoxy groups -OCH3 is 1. The van der Waals surface area contributed by atoms with Crippen LogP contribution in [0.4, 0.5) is 0 Å². The fourth-order valence-corrected chi connectivity index (χ4v) is 3.40. The van der Waals surface area contributed by atoms with E-state index in [0.29, 0.717) is 16.5 Å². The van der Waals surface area contributed by atoms with E-state index in [9.17, 15) is 18.0 Å². The van der Waals surface area contributed by atoms with Crippen LogP contribution in [-0.4, -0.2) is 34.1 Å². The number of sulfonamides is 1. The van der Waals surface area contributed by atoms with Gasteiger partial charge in [-0.1, -0.05) is 12.1 Å². The molecule has 0 aliphatic rings. The summed E-state index contributed by atoms with van der Waals surface area (Å²) in [6.45, 7) is 0. The van der Waals surface area contributed by atoms with Crippen LogP contribution in [-0.2, 0) is 19.6 Å². The van der Waals surface area contributed by atoms with Gasteiger partial charge in [0.2, 0.25) is 22.6 Å². The van der Waals surface area contributed by atoms with Gasteiger partial charge in [-0.2, -0.15) is 4.72 Å². The molecule has 0 saturated heterocycles. The van der Waals surface area contributed by atoms with Gasteiger partial charge >= 0.3 is 0 Å². The fraction of sp³-hybridized carbons (Fsp3) is 0.200. The molecule has 0 aliphatic heterocycles. The van der Waals surface area contributed by atoms with Crippen LogP contribution in [0.1, 0.15) is 6.42 Å². The number of nitrogens with one attached hydrogen (secondary N) is 1. The Labute approximate surface area is 128 Å². The van der Waals surface area contributed by atoms with E-state index >= 15 is 0 Å². The predicted octanol–water partition coefficient (Wildman–Crippen LogP) is 1.10. The maximum Gasteiger partial charge on any atom is 0.241 e. The third-order valence-electron chi connectivity index (χ3n) is 3.06. The minimum Gasteiger partial charge on any atom is -0.497 e. The Bertz CT molecular complexity index is 801. The average molecular weight is 319 g/mol. The largest absolute Gasteiger partial charge is 0.497 e. The summed E-state index contributed by atoms with van der Waals surface area (Å²) in [6, 6.07) is 8.47. The summed E-state index contributed by atoms with van der Waals surface area (Å²) >= 11 is 0. The number of benzene rings is 2. The molecule has 6 nitrogen and oxygen atoms in total. The highest BCUT2D eigenvalue weighted by atomic mass is 32.2. The Morgan fingerprint density at radius 3 is 2.64 bits per heavy atom. The molecule has 2 aromatic carbocycles. The molecule has 0 unspecified atom stereocenters. The molecule has 2 rings (SSSR count). The van der Waals surface area contributed by atoms with Crippen LogP contribution >= 0.6 is 0 Å². The molecule has 0 aliphatic carbocycles. The summed E-state index contributed by atoms with van der Waals surface area (Å²) in [4.78, 5) is 21.0. The molecule has 0 bridgehead atoms. The predicted molar refractivity (Wildman–Crippen MR) is 80.6 cm³/mol. The minimum atomic E-state index is -3.97. The first-order chi connectivity index (χ1) is 10.5. The van der Waals surface area contributed by atoms with E-state index < -0.39 is 16.1 Å². The second kappa shape index (κ2) is 6.67. The molecule has 0 aromatic heterocycles. The number of rotatable bonds is 7. The van der Waals surface area contributed by atoms with Crippen molar-refractivity contribution in [3.05, 3.63) is 36.4 Å². The number of hydrogen-bond donors (Lipinski definition) is 1. The van der Waals surface area contributed by atoms with Crippen molar-refractivity contribution < 1.29 is 22.7 Å². The van der Waals surface area contributed by atoms with E-state index in [-0.39, 0.29) is 11.3 Å². The van der Waals surface area contributed by atoms with Crippen LogP contribution in [0.3, 0.4) is 0 Å². The van der Waals surface area contributed by atoms with Crippen LogP contribution < -0.4 is 9.46 Å². The smallest absolute Gasteiger partial charge is 0.241 e. The Hall–Kier alpha value is -2.25. The summed E-state index contributed by atoms with van der Waals surface area (Å²) in [5.41, 5.74) is 0. The van der Waals surface area contributed by atoms with Crippen molar-refractivity contribution >= 4 is 33.4 Å². The topological polar surface area (TPSA) is 89.5 Å². The lowest BCUT2D eigenvalue weighted by atomic mass is 10.1. The normalized spacial score (nSPS) is 12.8. The molecule has 1 N–H and O–H groups in total. The number of fused-ring (bicyclic) bond motifs is 1. The lowest BCUT2D eigenvalue weighted by Crippen LogP contribution is -2.36. The lowest BCUT2D eigenvalue weighted by Gasteiger charge is -2.12. The monoisotopic (exact) mass is 319 g/mol. The van der Waals surface area contributed by atoms with Gasteiger partial charge in [-0.3, -0.25) is 9.59 Å². The molecular formula is C15H13NO5S. The van der Waals surface area contributed by atoms with Crippen molar-refractivity contribution in [2.75, 3.05) is 7.11 Å². The zero-order valence-electron chi connectivity index (χ0n) is 11.7. The minimum absolute atomic E-state index is 0.0128. The Kier molecular flexibility index (Phi) is 4.89. The first kappa shape index (κ1) is 16.1. The molecule has 114 valence electrons. The van der Waals surface area contributed by atoms with Crippen molar-refractivity contribution in [3.8, 4) is 5.75 Å². The van der Waals surface area contributed by atoms with E-state index in [1.165, 1.54) is 25.7 Å². The average Bonchev–Trinajstić information content (AvgIpc) is 2.53. The maximum absolute atomic E-state index is 12.4. The molecule has 22 heavy (non-hydrogen) atoms. The van der Waals surface area contributed by atoms with Gasteiger partial charge in [-0.15, -0.1) is 0 Å². The fourth-order valence-electron chi connectivity index (χ4n) is 2.03. The van der Waals surface area contributed by atoms with Gasteiger partial charge in [0.15, 0.2) is 0 Å². The van der Waals surface area contributed by atoms with Gasteiger partial charge in [0, 0.05) is 11.8 Å². The highest BCUT2D eigenvalue weighted by Gasteiger charge is 2.22. The van der Waals surface area contributed by atoms with Crippen LogP contribution in [0.5, 0.6) is 5.75 Å². The molecule has 2 radical (unpaired) electrons. The summed E-state index contributed by atoms with van der Waals surface area (Å²) in [5.74, 6) is 0.602. The molecule has 0 heterocycles. The third kappa shape index (κ3) is 3.32. The number of ether oxygens (including phenoxy) is 1. The van der Waals surface area contributed by atoms with Crippen molar-refractivity contribution in [2.24, 2.45) is 0 Å². The van der Waals surface area contributed by atoms with Gasteiger partial charge in [0.25, 0.3) is 0 Å². The Morgan fingerprint density at radius 2 is 2.00 bits per heavy atom. The van der Waals surface area contributed by atoms with E-state index in [1.807, 2.05) is 0 Å². The van der Waals surface area contributed by atoms with Crippen molar-refractivity contribution in [1.29, 1.82) is 0 Å². The second-order valence-corrected chi connectivity index (χ2v) is 6.17. The van der Waals surface area contributed by atoms with Crippen LogP contribution in [0.2, 0.25) is 0 Å². The molecule has 0 amide bonds. The van der Waals surface area contributed by atoms with Crippen LogP contribution in [0, 0.1) is 0 Å². The zero-order valence-corrected chi connectivity index (χ0v) is 12.5. The van der Waals surface area contributed by atoms with E-state index in [2.05, 4.69) is 4.72 Å².